The van der Waals surface area contributed by atoms with Crippen LogP contribution >= 0.6 is 11.3 Å². The van der Waals surface area contributed by atoms with Crippen LogP contribution in [0.5, 0.6) is 0 Å². The van der Waals surface area contributed by atoms with Gasteiger partial charge in [-0.2, -0.15) is 0 Å². The minimum absolute atomic E-state index is 0.112. The summed E-state index contributed by atoms with van der Waals surface area (Å²) in [5.74, 6) is 0.646. The average Bonchev–Trinajstić information content (AvgIpc) is 3.18. The van der Waals surface area contributed by atoms with Gasteiger partial charge in [0.15, 0.2) is 0 Å². The van der Waals surface area contributed by atoms with Crippen LogP contribution in [0.2, 0.25) is 0 Å². The number of rotatable bonds is 7. The lowest BCUT2D eigenvalue weighted by Crippen LogP contribution is -2.30. The molecule has 1 atom stereocenters. The van der Waals surface area contributed by atoms with Gasteiger partial charge in [0.2, 0.25) is 0 Å². The number of thiophene rings is 1. The topological polar surface area (TPSA) is 62.3 Å². The fourth-order valence-electron chi connectivity index (χ4n) is 2.66. The number of aromatic nitrogens is 1. The van der Waals surface area contributed by atoms with Gasteiger partial charge >= 0.3 is 0 Å². The van der Waals surface area contributed by atoms with E-state index in [0.717, 1.165) is 0 Å². The molecule has 26 heavy (non-hydrogen) atoms. The van der Waals surface area contributed by atoms with Gasteiger partial charge in [0, 0.05) is 17.6 Å². The minimum Gasteiger partial charge on any atom is -0.363 e. The van der Waals surface area contributed by atoms with Crippen LogP contribution in [0.15, 0.2) is 71.1 Å². The second-order valence-corrected chi connectivity index (χ2v) is 8.61. The van der Waals surface area contributed by atoms with Gasteiger partial charge in [0.1, 0.15) is 10.7 Å². The van der Waals surface area contributed by atoms with E-state index in [2.05, 4.69) is 16.4 Å². The molecule has 0 aliphatic rings. The highest BCUT2D eigenvalue weighted by Gasteiger charge is 2.23. The molecule has 1 aromatic carbocycles. The van der Waals surface area contributed by atoms with E-state index >= 15 is 0 Å². The first-order valence-electron chi connectivity index (χ1n) is 8.36. The molecule has 3 aromatic rings. The summed E-state index contributed by atoms with van der Waals surface area (Å²) in [4.78, 5) is 5.67. The fourth-order valence-corrected chi connectivity index (χ4v) is 4.82. The molecule has 136 valence electrons. The van der Waals surface area contributed by atoms with Crippen molar-refractivity contribution in [1.82, 2.24) is 4.98 Å². The number of benzene rings is 1. The molecule has 0 radical (unpaired) electrons. The van der Waals surface area contributed by atoms with Gasteiger partial charge in [-0.25, -0.2) is 13.4 Å². The van der Waals surface area contributed by atoms with E-state index in [1.54, 1.807) is 35.6 Å². The second-order valence-electron chi connectivity index (χ2n) is 5.77. The monoisotopic (exact) mass is 387 g/mol. The smallest absolute Gasteiger partial charge is 0.265 e. The zero-order chi connectivity index (χ0) is 18.6. The Labute approximate surface area is 158 Å². The van der Waals surface area contributed by atoms with Crippen molar-refractivity contribution in [3.8, 4) is 0 Å². The lowest BCUT2D eigenvalue weighted by atomic mass is 10.3. The van der Waals surface area contributed by atoms with E-state index in [1.807, 2.05) is 43.5 Å². The third kappa shape index (κ3) is 3.89. The number of hydrogen-bond donors (Lipinski definition) is 1. The first-order chi connectivity index (χ1) is 12.5. The molecule has 0 unspecified atom stereocenters. The highest BCUT2D eigenvalue weighted by molar-refractivity contribution is 7.92. The van der Waals surface area contributed by atoms with Crippen LogP contribution in [-0.2, 0) is 10.0 Å². The van der Waals surface area contributed by atoms with Gasteiger partial charge < -0.3 is 5.32 Å². The Bertz CT molecular complexity index is 925. The van der Waals surface area contributed by atoms with Crippen LogP contribution in [0.25, 0.3) is 0 Å². The summed E-state index contributed by atoms with van der Waals surface area (Å²) in [5, 5.41) is 5.32. The normalized spacial score (nSPS) is 12.5. The number of para-hydroxylation sites is 1. The highest BCUT2D eigenvalue weighted by Crippen LogP contribution is 2.25. The predicted octanol–water partition coefficient (Wildman–Crippen LogP) is 4.53. The van der Waals surface area contributed by atoms with Gasteiger partial charge in [-0.3, -0.25) is 4.31 Å². The summed E-state index contributed by atoms with van der Waals surface area (Å²) >= 11 is 1.67. The molecule has 0 saturated heterocycles. The van der Waals surface area contributed by atoms with Crippen LogP contribution in [0.4, 0.5) is 11.5 Å². The Balaban J connectivity index is 1.80. The van der Waals surface area contributed by atoms with Crippen molar-refractivity contribution in [2.24, 2.45) is 0 Å². The summed E-state index contributed by atoms with van der Waals surface area (Å²) in [6, 6.07) is 16.6. The Morgan fingerprint density at radius 1 is 1.12 bits per heavy atom. The molecule has 7 heteroatoms. The first-order valence-corrected chi connectivity index (χ1v) is 10.7. The molecular formula is C19H21N3O2S2. The first kappa shape index (κ1) is 18.4. The van der Waals surface area contributed by atoms with E-state index in [1.165, 1.54) is 15.4 Å². The molecule has 1 N–H and O–H groups in total. The zero-order valence-corrected chi connectivity index (χ0v) is 16.3. The van der Waals surface area contributed by atoms with Crippen LogP contribution in [-0.4, -0.2) is 19.9 Å². The Morgan fingerprint density at radius 2 is 1.88 bits per heavy atom. The Morgan fingerprint density at radius 3 is 2.46 bits per heavy atom. The summed E-state index contributed by atoms with van der Waals surface area (Å²) in [5.41, 5.74) is 0.642. The number of sulfonamides is 1. The molecule has 0 bridgehead atoms. The number of anilines is 2. The Kier molecular flexibility index (Phi) is 5.58. The third-order valence-electron chi connectivity index (χ3n) is 3.99. The van der Waals surface area contributed by atoms with Crippen molar-refractivity contribution in [3.05, 3.63) is 71.1 Å². The van der Waals surface area contributed by atoms with E-state index in [4.69, 9.17) is 0 Å². The molecule has 3 rings (SSSR count). The van der Waals surface area contributed by atoms with Crippen molar-refractivity contribution < 1.29 is 8.42 Å². The molecule has 2 heterocycles. The second kappa shape index (κ2) is 7.88. The molecule has 5 nitrogen and oxygen atoms in total. The maximum atomic E-state index is 13.0. The van der Waals surface area contributed by atoms with Crippen molar-refractivity contribution in [3.63, 3.8) is 0 Å². The van der Waals surface area contributed by atoms with E-state index in [-0.39, 0.29) is 10.9 Å². The molecule has 0 aliphatic heterocycles. The van der Waals surface area contributed by atoms with E-state index in [9.17, 15) is 8.42 Å². The van der Waals surface area contributed by atoms with Crippen LogP contribution in [0, 0.1) is 0 Å². The maximum absolute atomic E-state index is 13.0. The van der Waals surface area contributed by atoms with Gasteiger partial charge in [0.25, 0.3) is 10.0 Å². The summed E-state index contributed by atoms with van der Waals surface area (Å²) in [6.45, 7) is 4.21. The number of nitrogens with zero attached hydrogens (tertiary/aromatic N) is 2. The summed E-state index contributed by atoms with van der Waals surface area (Å²) in [6.07, 6.45) is 1.41. The molecule has 2 aromatic heterocycles. The van der Waals surface area contributed by atoms with Crippen LogP contribution < -0.4 is 9.62 Å². The predicted molar refractivity (Wildman–Crippen MR) is 107 cm³/mol. The minimum atomic E-state index is -3.65. The van der Waals surface area contributed by atoms with E-state index in [0.29, 0.717) is 18.1 Å². The molecular weight excluding hydrogens is 366 g/mol. The average molecular weight is 388 g/mol. The van der Waals surface area contributed by atoms with Crippen molar-refractivity contribution in [2.45, 2.75) is 24.8 Å². The molecule has 0 fully saturated rings. The number of pyridine rings is 1. The van der Waals surface area contributed by atoms with Crippen molar-refractivity contribution in [1.29, 1.82) is 0 Å². The van der Waals surface area contributed by atoms with Crippen LogP contribution in [0.3, 0.4) is 0 Å². The van der Waals surface area contributed by atoms with Crippen LogP contribution in [0.1, 0.15) is 24.8 Å². The largest absolute Gasteiger partial charge is 0.363 e. The van der Waals surface area contributed by atoms with E-state index < -0.39 is 10.0 Å². The molecule has 0 aliphatic carbocycles. The SMILES string of the molecule is CCN(c1ccccc1)S(=O)(=O)c1ccc(N[C@H](C)c2cccs2)nc1. The molecule has 0 amide bonds. The standard InChI is InChI=1S/C19H21N3O2S2/c1-3-22(16-8-5-4-6-9-16)26(23,24)17-11-12-19(20-14-17)21-15(2)18-10-7-13-25-18/h4-15H,3H2,1-2H3,(H,20,21)/t15-/m1/s1. The van der Waals surface area contributed by atoms with Gasteiger partial charge in [-0.15, -0.1) is 11.3 Å². The highest BCUT2D eigenvalue weighted by atomic mass is 32.2. The summed E-state index contributed by atoms with van der Waals surface area (Å²) in [7, 11) is -3.65. The lowest BCUT2D eigenvalue weighted by Gasteiger charge is -2.23. The Hall–Kier alpha value is -2.38. The quantitative estimate of drug-likeness (QED) is 0.647. The fraction of sp³-hybridized carbons (Fsp3) is 0.211. The van der Waals surface area contributed by atoms with Crippen molar-refractivity contribution in [2.75, 3.05) is 16.2 Å². The molecule has 0 spiro atoms. The van der Waals surface area contributed by atoms with Gasteiger partial charge in [-0.1, -0.05) is 24.3 Å². The molecule has 0 saturated carbocycles. The summed E-state index contributed by atoms with van der Waals surface area (Å²) < 4.78 is 27.3. The zero-order valence-electron chi connectivity index (χ0n) is 14.7. The van der Waals surface area contributed by atoms with Gasteiger partial charge in [0.05, 0.1) is 11.7 Å². The van der Waals surface area contributed by atoms with Gasteiger partial charge in [-0.05, 0) is 49.6 Å². The number of hydrogen-bond acceptors (Lipinski definition) is 5. The lowest BCUT2D eigenvalue weighted by molar-refractivity contribution is 0.591. The number of nitrogens with one attached hydrogen (secondary N) is 1. The maximum Gasteiger partial charge on any atom is 0.265 e. The van der Waals surface area contributed by atoms with Crippen molar-refractivity contribution >= 4 is 32.9 Å². The third-order valence-corrected chi connectivity index (χ3v) is 6.93.